The Balaban J connectivity index is -0.000000266. The van der Waals surface area contributed by atoms with Crippen LogP contribution in [-0.2, 0) is 4.79 Å². The predicted octanol–water partition coefficient (Wildman–Crippen LogP) is 3.26. The van der Waals surface area contributed by atoms with Gasteiger partial charge >= 0.3 is 0 Å². The Kier molecular flexibility index (Phi) is 23.9. The smallest absolute Gasteiger partial charge is 0.245 e. The Morgan fingerprint density at radius 1 is 1.36 bits per heavy atom. The molecule has 0 bridgehead atoms. The minimum atomic E-state index is 0.00782. The van der Waals surface area contributed by atoms with Crippen LogP contribution < -0.4 is 0 Å². The number of carbonyl (C=O) groups excluding carboxylic acids is 1. The van der Waals surface area contributed by atoms with Gasteiger partial charge in [-0.25, -0.2) is 0 Å². The number of nitrogens with zero attached hydrogens (tertiary/aromatic N) is 1. The van der Waals surface area contributed by atoms with Gasteiger partial charge in [-0.2, -0.15) is 0 Å². The zero-order valence-corrected chi connectivity index (χ0v) is 10.2. The second kappa shape index (κ2) is 17.9. The molecule has 0 aromatic rings. The number of hydrogen-bond acceptors (Lipinski definition) is 1. The van der Waals surface area contributed by atoms with Crippen LogP contribution in [0.25, 0.3) is 0 Å². The molecule has 0 unspecified atom stereocenters. The minimum Gasteiger partial charge on any atom is -0.342 e. The van der Waals surface area contributed by atoms with E-state index in [1.807, 2.05) is 13.8 Å². The summed E-state index contributed by atoms with van der Waals surface area (Å²) in [5, 5.41) is 0. The lowest BCUT2D eigenvalue weighted by molar-refractivity contribution is -0.124. The minimum absolute atomic E-state index is 0.00782. The molecule has 0 saturated heterocycles. The van der Waals surface area contributed by atoms with Gasteiger partial charge < -0.3 is 4.90 Å². The molecule has 0 aromatic carbocycles. The molecule has 0 heterocycles. The molecule has 0 atom stereocenters. The fourth-order valence-corrected chi connectivity index (χ4v) is 0.661. The summed E-state index contributed by atoms with van der Waals surface area (Å²) in [7, 11) is 1.79. The summed E-state index contributed by atoms with van der Waals surface area (Å²) < 4.78 is 0. The van der Waals surface area contributed by atoms with E-state index in [1.165, 1.54) is 6.08 Å². The van der Waals surface area contributed by atoms with Gasteiger partial charge in [-0.3, -0.25) is 4.79 Å². The third kappa shape index (κ3) is 13.5. The maximum absolute atomic E-state index is 10.8. The summed E-state index contributed by atoms with van der Waals surface area (Å²) in [5.74, 6) is 0.00782. The molecule has 84 valence electrons. The van der Waals surface area contributed by atoms with Crippen LogP contribution in [0.3, 0.4) is 0 Å². The zero-order chi connectivity index (χ0) is 12.0. The Morgan fingerprint density at radius 3 is 2.07 bits per heavy atom. The highest BCUT2D eigenvalue weighted by molar-refractivity contribution is 5.86. The van der Waals surface area contributed by atoms with E-state index in [4.69, 9.17) is 0 Å². The molecular formula is C12H25NO. The first-order valence-corrected chi connectivity index (χ1v) is 5.10. The van der Waals surface area contributed by atoms with Gasteiger partial charge in [-0.05, 0) is 12.5 Å². The molecular weight excluding hydrogens is 174 g/mol. The van der Waals surface area contributed by atoms with Crippen molar-refractivity contribution >= 4 is 5.91 Å². The fraction of sp³-hybridized carbons (Fsp3) is 0.583. The molecule has 0 aliphatic heterocycles. The number of unbranched alkanes of at least 4 members (excludes halogenated alkanes) is 1. The van der Waals surface area contributed by atoms with Gasteiger partial charge in [0, 0.05) is 13.6 Å². The summed E-state index contributed by atoms with van der Waals surface area (Å²) in [6, 6.07) is 0. The van der Waals surface area contributed by atoms with Crippen molar-refractivity contribution in [1.29, 1.82) is 0 Å². The summed E-state index contributed by atoms with van der Waals surface area (Å²) >= 11 is 0. The number of amides is 1. The summed E-state index contributed by atoms with van der Waals surface area (Å²) in [5.41, 5.74) is 0. The second-order valence-corrected chi connectivity index (χ2v) is 2.32. The Labute approximate surface area is 89.3 Å². The van der Waals surface area contributed by atoms with Gasteiger partial charge in [-0.1, -0.05) is 33.8 Å². The molecule has 0 aromatic heterocycles. The number of rotatable bonds is 4. The van der Waals surface area contributed by atoms with Gasteiger partial charge in [0.1, 0.15) is 0 Å². The third-order valence-electron chi connectivity index (χ3n) is 1.40. The Bertz CT molecular complexity index is 132. The van der Waals surface area contributed by atoms with Crippen molar-refractivity contribution in [3.63, 3.8) is 0 Å². The lowest BCUT2D eigenvalue weighted by Crippen LogP contribution is -2.25. The normalized spacial score (nSPS) is 7.14. The SMILES string of the molecule is C=C.C=CC(=O)N(C)CCCC.CC. The van der Waals surface area contributed by atoms with Crippen LogP contribution in [0.1, 0.15) is 33.6 Å². The van der Waals surface area contributed by atoms with Gasteiger partial charge in [0.15, 0.2) is 0 Å². The van der Waals surface area contributed by atoms with E-state index in [2.05, 4.69) is 26.7 Å². The monoisotopic (exact) mass is 199 g/mol. The van der Waals surface area contributed by atoms with Crippen molar-refractivity contribution in [2.75, 3.05) is 13.6 Å². The van der Waals surface area contributed by atoms with Crippen LogP contribution >= 0.6 is 0 Å². The van der Waals surface area contributed by atoms with E-state index >= 15 is 0 Å². The molecule has 0 spiro atoms. The average molecular weight is 199 g/mol. The molecule has 2 nitrogen and oxygen atoms in total. The van der Waals surface area contributed by atoms with E-state index in [-0.39, 0.29) is 5.91 Å². The fourth-order valence-electron chi connectivity index (χ4n) is 0.661. The molecule has 1 amide bonds. The number of carbonyl (C=O) groups is 1. The maximum atomic E-state index is 10.8. The van der Waals surface area contributed by atoms with Crippen LogP contribution in [0.15, 0.2) is 25.8 Å². The van der Waals surface area contributed by atoms with Gasteiger partial charge in [-0.15, -0.1) is 13.2 Å². The molecule has 14 heavy (non-hydrogen) atoms. The van der Waals surface area contributed by atoms with Crippen LogP contribution in [0.4, 0.5) is 0 Å². The lowest BCUT2D eigenvalue weighted by Gasteiger charge is -2.13. The van der Waals surface area contributed by atoms with Crippen molar-refractivity contribution < 1.29 is 4.79 Å². The van der Waals surface area contributed by atoms with Crippen molar-refractivity contribution in [3.8, 4) is 0 Å². The zero-order valence-electron chi connectivity index (χ0n) is 10.2. The highest BCUT2D eigenvalue weighted by atomic mass is 16.2. The molecule has 0 fully saturated rings. The molecule has 0 aliphatic carbocycles. The first-order valence-electron chi connectivity index (χ1n) is 5.10. The van der Waals surface area contributed by atoms with E-state index in [0.717, 1.165) is 19.4 Å². The van der Waals surface area contributed by atoms with Crippen LogP contribution in [0.5, 0.6) is 0 Å². The summed E-state index contributed by atoms with van der Waals surface area (Å²) in [4.78, 5) is 12.5. The standard InChI is InChI=1S/C8H15NO.C2H6.C2H4/c1-4-6-7-9(3)8(10)5-2;2*1-2/h5H,2,4,6-7H2,1,3H3;1-2H3;1-2H2. The quantitative estimate of drug-likeness (QED) is 0.502. The molecule has 0 aliphatic rings. The lowest BCUT2D eigenvalue weighted by atomic mass is 10.3. The highest BCUT2D eigenvalue weighted by Gasteiger charge is 2.00. The average Bonchev–Trinajstić information content (AvgIpc) is 2.30. The van der Waals surface area contributed by atoms with Gasteiger partial charge in [0.2, 0.25) is 5.91 Å². The Hall–Kier alpha value is -1.05. The van der Waals surface area contributed by atoms with Gasteiger partial charge in [0.05, 0.1) is 0 Å². The van der Waals surface area contributed by atoms with Crippen molar-refractivity contribution in [1.82, 2.24) is 4.90 Å². The molecule has 2 heteroatoms. The molecule has 0 rings (SSSR count). The molecule has 0 N–H and O–H groups in total. The predicted molar refractivity (Wildman–Crippen MR) is 65.3 cm³/mol. The first kappa shape index (κ1) is 18.7. The van der Waals surface area contributed by atoms with E-state index in [1.54, 1.807) is 11.9 Å². The van der Waals surface area contributed by atoms with Crippen LogP contribution in [0, 0.1) is 0 Å². The largest absolute Gasteiger partial charge is 0.342 e. The van der Waals surface area contributed by atoms with Crippen molar-refractivity contribution in [2.45, 2.75) is 33.6 Å². The third-order valence-corrected chi connectivity index (χ3v) is 1.40. The number of likely N-dealkylation sites (N-methyl/N-ethyl adjacent to an activating group) is 1. The molecule has 0 saturated carbocycles. The Morgan fingerprint density at radius 2 is 1.79 bits per heavy atom. The highest BCUT2D eigenvalue weighted by Crippen LogP contribution is 1.91. The molecule has 0 radical (unpaired) electrons. The van der Waals surface area contributed by atoms with E-state index in [0.29, 0.717) is 0 Å². The maximum Gasteiger partial charge on any atom is 0.245 e. The van der Waals surface area contributed by atoms with Crippen molar-refractivity contribution in [3.05, 3.63) is 25.8 Å². The second-order valence-electron chi connectivity index (χ2n) is 2.32. The number of hydrogen-bond donors (Lipinski definition) is 0. The van der Waals surface area contributed by atoms with Crippen molar-refractivity contribution in [2.24, 2.45) is 0 Å². The summed E-state index contributed by atoms with van der Waals surface area (Å²) in [6.07, 6.45) is 3.53. The summed E-state index contributed by atoms with van der Waals surface area (Å²) in [6.45, 7) is 16.3. The topological polar surface area (TPSA) is 20.3 Å². The van der Waals surface area contributed by atoms with E-state index in [9.17, 15) is 4.79 Å². The van der Waals surface area contributed by atoms with Crippen LogP contribution in [0.2, 0.25) is 0 Å². The van der Waals surface area contributed by atoms with Crippen LogP contribution in [-0.4, -0.2) is 24.4 Å². The van der Waals surface area contributed by atoms with Gasteiger partial charge in [0.25, 0.3) is 0 Å². The van der Waals surface area contributed by atoms with E-state index < -0.39 is 0 Å². The first-order chi connectivity index (χ1) is 6.72.